The van der Waals surface area contributed by atoms with E-state index in [9.17, 15) is 18.0 Å². The highest BCUT2D eigenvalue weighted by Gasteiger charge is 2.42. The molecule has 0 aromatic heterocycles. The van der Waals surface area contributed by atoms with Crippen LogP contribution in [0.4, 0.5) is 13.2 Å². The summed E-state index contributed by atoms with van der Waals surface area (Å²) >= 11 is 0. The smallest absolute Gasteiger partial charge is 0.489 e. The fourth-order valence-corrected chi connectivity index (χ4v) is 3.85. The van der Waals surface area contributed by atoms with Gasteiger partial charge in [0.2, 0.25) is 9.04 Å². The fraction of sp³-hybridized carbons (Fsp3) is 0.857. The molecule has 1 aliphatic heterocycles. The summed E-state index contributed by atoms with van der Waals surface area (Å²) in [6, 6.07) is 1.39. The molecular weight excluding hydrogens is 201 g/mol. The summed E-state index contributed by atoms with van der Waals surface area (Å²) in [7, 11) is -1.85. The predicted molar refractivity (Wildman–Crippen MR) is 42.8 cm³/mol. The van der Waals surface area contributed by atoms with E-state index in [-0.39, 0.29) is 0 Å². The van der Waals surface area contributed by atoms with Crippen LogP contribution in [0.5, 0.6) is 0 Å². The number of carbonyl (C=O) groups is 1. The van der Waals surface area contributed by atoms with Gasteiger partial charge in [0, 0.05) is 0 Å². The van der Waals surface area contributed by atoms with Crippen molar-refractivity contribution in [1.82, 2.24) is 0 Å². The number of carbonyl (C=O) groups excluding carboxylic acids is 1. The van der Waals surface area contributed by atoms with Gasteiger partial charge in [-0.15, -0.1) is 0 Å². The van der Waals surface area contributed by atoms with Gasteiger partial charge in [-0.3, -0.25) is 0 Å². The lowest BCUT2D eigenvalue weighted by Gasteiger charge is -2.20. The minimum absolute atomic E-state index is 0.696. The molecule has 0 atom stereocenters. The topological polar surface area (TPSA) is 26.3 Å². The summed E-state index contributed by atoms with van der Waals surface area (Å²) in [4.78, 5) is 10.4. The molecular formula is C7H11F3O2Si. The maximum atomic E-state index is 11.8. The molecule has 0 spiro atoms. The van der Waals surface area contributed by atoms with E-state index >= 15 is 0 Å². The van der Waals surface area contributed by atoms with Crippen LogP contribution in [0, 0.1) is 0 Å². The Kier molecular flexibility index (Phi) is 3.35. The van der Waals surface area contributed by atoms with E-state index < -0.39 is 21.2 Å². The second-order valence-electron chi connectivity index (χ2n) is 3.16. The molecule has 1 fully saturated rings. The first kappa shape index (κ1) is 10.6. The van der Waals surface area contributed by atoms with Crippen LogP contribution in [0.15, 0.2) is 0 Å². The molecule has 2 nitrogen and oxygen atoms in total. The van der Waals surface area contributed by atoms with Gasteiger partial charge in [-0.05, 0) is 12.1 Å². The molecule has 0 aromatic rings. The van der Waals surface area contributed by atoms with Crippen LogP contribution in [0.3, 0.4) is 0 Å². The Morgan fingerprint density at radius 2 is 1.69 bits per heavy atom. The summed E-state index contributed by atoms with van der Waals surface area (Å²) in [5, 5.41) is 0. The Balaban J connectivity index is 2.35. The van der Waals surface area contributed by atoms with Crippen LogP contribution in [0.25, 0.3) is 0 Å². The first-order chi connectivity index (χ1) is 6.00. The number of hydrogen-bond acceptors (Lipinski definition) is 2. The van der Waals surface area contributed by atoms with Gasteiger partial charge < -0.3 is 4.43 Å². The van der Waals surface area contributed by atoms with Crippen molar-refractivity contribution < 1.29 is 22.4 Å². The highest BCUT2D eigenvalue weighted by molar-refractivity contribution is 6.54. The molecule has 1 rings (SSSR count). The molecule has 1 heterocycles. The quantitative estimate of drug-likeness (QED) is 0.621. The normalized spacial score (nSPS) is 19.9. The molecule has 76 valence electrons. The van der Waals surface area contributed by atoms with Gasteiger partial charge in [0.15, 0.2) is 0 Å². The van der Waals surface area contributed by atoms with Crippen molar-refractivity contribution in [2.45, 2.75) is 37.5 Å². The third-order valence-corrected chi connectivity index (χ3v) is 4.71. The second kappa shape index (κ2) is 4.12. The first-order valence-electron chi connectivity index (χ1n) is 4.28. The Morgan fingerprint density at radius 3 is 2.15 bits per heavy atom. The summed E-state index contributed by atoms with van der Waals surface area (Å²) in [5.74, 6) is -1.99. The van der Waals surface area contributed by atoms with Crippen LogP contribution in [-0.4, -0.2) is 21.2 Å². The molecule has 0 amide bonds. The molecule has 1 saturated heterocycles. The van der Waals surface area contributed by atoms with Gasteiger partial charge in [-0.2, -0.15) is 13.2 Å². The SMILES string of the molecule is O=C(O[SiH]1CCCCC1)C(F)(F)F. The summed E-state index contributed by atoms with van der Waals surface area (Å²) in [6.45, 7) is 0. The molecule has 13 heavy (non-hydrogen) atoms. The molecule has 0 aromatic carbocycles. The number of hydrogen-bond donors (Lipinski definition) is 0. The van der Waals surface area contributed by atoms with Crippen molar-refractivity contribution in [2.75, 3.05) is 0 Å². The van der Waals surface area contributed by atoms with Gasteiger partial charge in [0.1, 0.15) is 0 Å². The maximum Gasteiger partial charge on any atom is 0.489 e. The van der Waals surface area contributed by atoms with Crippen LogP contribution in [-0.2, 0) is 9.22 Å². The Labute approximate surface area is 75.8 Å². The van der Waals surface area contributed by atoms with E-state index in [1.165, 1.54) is 0 Å². The third kappa shape index (κ3) is 3.37. The van der Waals surface area contributed by atoms with E-state index in [1.54, 1.807) is 0 Å². The molecule has 0 N–H and O–H groups in total. The third-order valence-electron chi connectivity index (χ3n) is 2.06. The highest BCUT2D eigenvalue weighted by atomic mass is 28.3. The molecule has 0 radical (unpaired) electrons. The molecule has 0 saturated carbocycles. The van der Waals surface area contributed by atoms with Gasteiger partial charge in [-0.1, -0.05) is 19.3 Å². The maximum absolute atomic E-state index is 11.8. The molecule has 1 aliphatic rings. The standard InChI is InChI=1S/C7H11F3O2Si/c8-7(9,10)6(11)12-13-4-2-1-3-5-13/h13H,1-5H2. The Bertz CT molecular complexity index is 187. The Morgan fingerprint density at radius 1 is 1.15 bits per heavy atom. The average molecular weight is 212 g/mol. The van der Waals surface area contributed by atoms with Gasteiger partial charge in [-0.25, -0.2) is 4.79 Å². The van der Waals surface area contributed by atoms with Crippen LogP contribution >= 0.6 is 0 Å². The van der Waals surface area contributed by atoms with Crippen molar-refractivity contribution in [3.05, 3.63) is 0 Å². The lowest BCUT2D eigenvalue weighted by molar-refractivity contribution is -0.190. The average Bonchev–Trinajstić information content (AvgIpc) is 2.04. The first-order valence-corrected chi connectivity index (χ1v) is 6.38. The largest absolute Gasteiger partial charge is 0.515 e. The number of rotatable bonds is 1. The molecule has 0 bridgehead atoms. The van der Waals surface area contributed by atoms with Gasteiger partial charge in [0.05, 0.1) is 0 Å². The zero-order valence-corrected chi connectivity index (χ0v) is 8.22. The highest BCUT2D eigenvalue weighted by Crippen LogP contribution is 2.23. The minimum atomic E-state index is -4.82. The summed E-state index contributed by atoms with van der Waals surface area (Å²) in [6.07, 6.45) is -1.96. The minimum Gasteiger partial charge on any atom is -0.515 e. The summed E-state index contributed by atoms with van der Waals surface area (Å²) in [5.41, 5.74) is 0. The van der Waals surface area contributed by atoms with E-state index in [1.807, 2.05) is 0 Å². The summed E-state index contributed by atoms with van der Waals surface area (Å²) < 4.78 is 39.7. The zero-order chi connectivity index (χ0) is 9.90. The van der Waals surface area contributed by atoms with E-state index in [4.69, 9.17) is 0 Å². The van der Waals surface area contributed by atoms with E-state index in [0.29, 0.717) is 12.1 Å². The number of halogens is 3. The molecule has 0 unspecified atom stereocenters. The number of alkyl halides is 3. The van der Waals surface area contributed by atoms with Crippen molar-refractivity contribution in [2.24, 2.45) is 0 Å². The van der Waals surface area contributed by atoms with Crippen LogP contribution < -0.4 is 0 Å². The van der Waals surface area contributed by atoms with Gasteiger partial charge in [0.25, 0.3) is 0 Å². The van der Waals surface area contributed by atoms with Crippen LogP contribution in [0.1, 0.15) is 19.3 Å². The lowest BCUT2D eigenvalue weighted by atomic mass is 10.3. The van der Waals surface area contributed by atoms with Crippen molar-refractivity contribution in [3.8, 4) is 0 Å². The van der Waals surface area contributed by atoms with Crippen LogP contribution in [0.2, 0.25) is 12.1 Å². The second-order valence-corrected chi connectivity index (χ2v) is 5.80. The van der Waals surface area contributed by atoms with Crippen molar-refractivity contribution >= 4 is 15.0 Å². The van der Waals surface area contributed by atoms with E-state index in [2.05, 4.69) is 4.43 Å². The zero-order valence-electron chi connectivity index (χ0n) is 7.06. The van der Waals surface area contributed by atoms with Crippen molar-refractivity contribution in [1.29, 1.82) is 0 Å². The molecule has 6 heteroatoms. The van der Waals surface area contributed by atoms with Crippen molar-refractivity contribution in [3.63, 3.8) is 0 Å². The lowest BCUT2D eigenvalue weighted by Crippen LogP contribution is -2.33. The fourth-order valence-electron chi connectivity index (χ4n) is 1.40. The Hall–Kier alpha value is -0.523. The molecule has 0 aliphatic carbocycles. The monoisotopic (exact) mass is 212 g/mol. The van der Waals surface area contributed by atoms with Gasteiger partial charge >= 0.3 is 12.1 Å². The predicted octanol–water partition coefficient (Wildman–Crippen LogP) is 2.00. The van der Waals surface area contributed by atoms with E-state index in [0.717, 1.165) is 19.3 Å².